The molecule has 0 radical (unpaired) electrons. The summed E-state index contributed by atoms with van der Waals surface area (Å²) in [7, 11) is 0. The van der Waals surface area contributed by atoms with E-state index in [4.69, 9.17) is 16.3 Å². The molecule has 1 aromatic carbocycles. The third kappa shape index (κ3) is 3.98. The first-order valence-corrected chi connectivity index (χ1v) is 9.76. The summed E-state index contributed by atoms with van der Waals surface area (Å²) in [5.74, 6) is 0.499. The Morgan fingerprint density at radius 3 is 2.65 bits per heavy atom. The Morgan fingerprint density at radius 2 is 1.96 bits per heavy atom. The van der Waals surface area contributed by atoms with Crippen LogP contribution in [0.15, 0.2) is 29.8 Å². The van der Waals surface area contributed by atoms with Crippen LogP contribution in [-0.2, 0) is 4.74 Å². The van der Waals surface area contributed by atoms with Crippen LogP contribution in [0.3, 0.4) is 0 Å². The van der Waals surface area contributed by atoms with Crippen LogP contribution in [0.4, 0.5) is 10.6 Å². The zero-order chi connectivity index (χ0) is 17.3. The number of anilines is 1. The zero-order valence-electron chi connectivity index (χ0n) is 14.2. The summed E-state index contributed by atoms with van der Waals surface area (Å²) in [5, 5.41) is 3.41. The molecule has 26 heavy (non-hydrogen) atoms. The van der Waals surface area contributed by atoms with Gasteiger partial charge in [0.15, 0.2) is 5.82 Å². The number of nitrogens with one attached hydrogen (secondary N) is 1. The Balaban J connectivity index is 0.00000196. The number of aromatic nitrogens is 1. The highest BCUT2D eigenvalue weighted by Gasteiger charge is 2.40. The van der Waals surface area contributed by atoms with Gasteiger partial charge in [0.2, 0.25) is 0 Å². The van der Waals surface area contributed by atoms with Gasteiger partial charge in [0.05, 0.1) is 17.0 Å². The fourth-order valence-electron chi connectivity index (χ4n) is 3.64. The molecule has 4 heterocycles. The summed E-state index contributed by atoms with van der Waals surface area (Å²) in [4.78, 5) is 19.9. The van der Waals surface area contributed by atoms with Crippen molar-refractivity contribution in [2.24, 2.45) is 5.41 Å². The second-order valence-electron chi connectivity index (χ2n) is 6.80. The van der Waals surface area contributed by atoms with Crippen LogP contribution >= 0.6 is 35.3 Å². The SMILES string of the molecule is Cl.O=C(Nc1ncsc1-c1ccccc1Cl)OCC12CCN(CC1)CC2. The number of amides is 1. The molecule has 140 valence electrons. The molecule has 8 heteroatoms. The fourth-order valence-corrected chi connectivity index (χ4v) is 4.71. The van der Waals surface area contributed by atoms with E-state index < -0.39 is 6.09 Å². The van der Waals surface area contributed by atoms with Gasteiger partial charge in [-0.2, -0.15) is 0 Å². The van der Waals surface area contributed by atoms with E-state index in [-0.39, 0.29) is 17.8 Å². The van der Waals surface area contributed by atoms with Crippen LogP contribution in [0, 0.1) is 5.41 Å². The van der Waals surface area contributed by atoms with E-state index in [9.17, 15) is 4.79 Å². The Bertz CT molecular complexity index is 762. The van der Waals surface area contributed by atoms with Crippen molar-refractivity contribution >= 4 is 47.3 Å². The van der Waals surface area contributed by atoms with Crippen molar-refractivity contribution in [2.75, 3.05) is 31.6 Å². The number of carbonyl (C=O) groups excluding carboxylic acids is 1. The lowest BCUT2D eigenvalue weighted by atomic mass is 9.73. The fraction of sp³-hybridized carbons (Fsp3) is 0.444. The van der Waals surface area contributed by atoms with E-state index in [0.717, 1.165) is 49.3 Å². The Kier molecular flexibility index (Phi) is 6.07. The standard InChI is InChI=1S/C18H20ClN3O2S.ClH/c19-14-4-2-1-3-13(14)15-16(20-12-25-15)21-17(23)24-11-18-5-8-22(9-6-18)10-7-18;/h1-4,12H,5-11H2,(H,21,23);1H. The van der Waals surface area contributed by atoms with E-state index in [0.29, 0.717) is 17.4 Å². The predicted molar refractivity (Wildman–Crippen MR) is 108 cm³/mol. The highest BCUT2D eigenvalue weighted by atomic mass is 35.5. The van der Waals surface area contributed by atoms with Gasteiger partial charge in [-0.15, -0.1) is 23.7 Å². The summed E-state index contributed by atoms with van der Waals surface area (Å²) in [6.45, 7) is 3.84. The van der Waals surface area contributed by atoms with Crippen LogP contribution in [0.25, 0.3) is 10.4 Å². The molecule has 1 amide bonds. The number of hydrogen-bond acceptors (Lipinski definition) is 5. The van der Waals surface area contributed by atoms with Crippen molar-refractivity contribution in [3.8, 4) is 10.4 Å². The number of ether oxygens (including phenoxy) is 1. The summed E-state index contributed by atoms with van der Waals surface area (Å²) in [6, 6.07) is 7.54. The van der Waals surface area contributed by atoms with Crippen molar-refractivity contribution < 1.29 is 9.53 Å². The molecule has 5 nitrogen and oxygen atoms in total. The van der Waals surface area contributed by atoms with Crippen molar-refractivity contribution in [1.29, 1.82) is 0 Å². The normalized spacial score (nSPS) is 24.0. The van der Waals surface area contributed by atoms with E-state index in [1.165, 1.54) is 11.3 Å². The van der Waals surface area contributed by atoms with Crippen molar-refractivity contribution in [3.63, 3.8) is 0 Å². The molecule has 2 aromatic rings. The molecule has 5 rings (SSSR count). The van der Waals surface area contributed by atoms with Crippen LogP contribution in [0.5, 0.6) is 0 Å². The highest BCUT2D eigenvalue weighted by Crippen LogP contribution is 2.40. The first kappa shape index (κ1) is 19.4. The number of piperidine rings is 3. The van der Waals surface area contributed by atoms with Gasteiger partial charge in [0.25, 0.3) is 0 Å². The number of rotatable bonds is 4. The monoisotopic (exact) mass is 413 g/mol. The summed E-state index contributed by atoms with van der Waals surface area (Å²) >= 11 is 7.70. The number of fused-ring (bicyclic) bond motifs is 3. The molecular formula is C18H21Cl2N3O2S. The average Bonchev–Trinajstić information content (AvgIpc) is 3.10. The number of carbonyl (C=O) groups is 1. The van der Waals surface area contributed by atoms with Crippen LogP contribution in [0.1, 0.15) is 19.3 Å². The van der Waals surface area contributed by atoms with Gasteiger partial charge >= 0.3 is 6.09 Å². The molecule has 3 aliphatic rings. The molecule has 1 aromatic heterocycles. The first-order chi connectivity index (χ1) is 12.2. The molecule has 3 saturated heterocycles. The number of hydrogen-bond donors (Lipinski definition) is 1. The van der Waals surface area contributed by atoms with Gasteiger partial charge < -0.3 is 9.64 Å². The van der Waals surface area contributed by atoms with Gasteiger partial charge in [-0.3, -0.25) is 5.32 Å². The first-order valence-electron chi connectivity index (χ1n) is 8.50. The molecule has 3 fully saturated rings. The van der Waals surface area contributed by atoms with Gasteiger partial charge in [-0.25, -0.2) is 9.78 Å². The topological polar surface area (TPSA) is 54.5 Å². The summed E-state index contributed by atoms with van der Waals surface area (Å²) in [6.07, 6.45) is 2.90. The lowest BCUT2D eigenvalue weighted by Gasteiger charge is -2.47. The maximum Gasteiger partial charge on any atom is 0.412 e. The second kappa shape index (κ2) is 8.13. The van der Waals surface area contributed by atoms with Crippen LogP contribution in [-0.4, -0.2) is 42.2 Å². The van der Waals surface area contributed by atoms with E-state index >= 15 is 0 Å². The smallest absolute Gasteiger partial charge is 0.412 e. The van der Waals surface area contributed by atoms with Gasteiger partial charge in [0, 0.05) is 16.0 Å². The van der Waals surface area contributed by atoms with Crippen molar-refractivity contribution in [1.82, 2.24) is 9.88 Å². The molecule has 3 aliphatic heterocycles. The maximum atomic E-state index is 12.3. The summed E-state index contributed by atoms with van der Waals surface area (Å²) in [5.41, 5.74) is 2.73. The quantitative estimate of drug-likeness (QED) is 0.772. The molecule has 2 bridgehead atoms. The minimum atomic E-state index is -0.443. The average molecular weight is 414 g/mol. The third-order valence-corrected chi connectivity index (χ3v) is 6.48. The third-order valence-electron chi connectivity index (χ3n) is 5.29. The van der Waals surface area contributed by atoms with E-state index in [1.807, 2.05) is 24.3 Å². The van der Waals surface area contributed by atoms with Crippen molar-refractivity contribution in [2.45, 2.75) is 19.3 Å². The lowest BCUT2D eigenvalue weighted by molar-refractivity contribution is -0.0190. The maximum absolute atomic E-state index is 12.3. The molecule has 1 N–H and O–H groups in total. The minimum Gasteiger partial charge on any atom is -0.449 e. The number of nitrogens with zero attached hydrogens (tertiary/aromatic N) is 2. The largest absolute Gasteiger partial charge is 0.449 e. The van der Waals surface area contributed by atoms with Gasteiger partial charge in [0.1, 0.15) is 0 Å². The lowest BCUT2D eigenvalue weighted by Crippen LogP contribution is -2.50. The molecule has 0 saturated carbocycles. The Morgan fingerprint density at radius 1 is 1.27 bits per heavy atom. The highest BCUT2D eigenvalue weighted by molar-refractivity contribution is 7.14. The Hall–Kier alpha value is -1.34. The number of thiazole rings is 1. The van der Waals surface area contributed by atoms with Crippen LogP contribution in [0.2, 0.25) is 5.02 Å². The number of halogens is 2. The molecule has 0 spiro atoms. The van der Waals surface area contributed by atoms with Crippen molar-refractivity contribution in [3.05, 3.63) is 34.8 Å². The predicted octanol–water partition coefficient (Wildman–Crippen LogP) is 4.92. The van der Waals surface area contributed by atoms with Crippen LogP contribution < -0.4 is 5.32 Å². The van der Waals surface area contributed by atoms with E-state index in [1.54, 1.807) is 5.51 Å². The molecule has 0 atom stereocenters. The molecule has 0 aliphatic carbocycles. The Labute approximate surface area is 168 Å². The van der Waals surface area contributed by atoms with Gasteiger partial charge in [-0.05, 0) is 45.0 Å². The number of benzene rings is 1. The summed E-state index contributed by atoms with van der Waals surface area (Å²) < 4.78 is 5.56. The van der Waals surface area contributed by atoms with Gasteiger partial charge in [-0.1, -0.05) is 29.8 Å². The molecule has 0 unspecified atom stereocenters. The molecular weight excluding hydrogens is 393 g/mol. The zero-order valence-corrected chi connectivity index (χ0v) is 16.6. The van der Waals surface area contributed by atoms with E-state index in [2.05, 4.69) is 15.2 Å². The minimum absolute atomic E-state index is 0. The second-order valence-corrected chi connectivity index (χ2v) is 8.06.